The summed E-state index contributed by atoms with van der Waals surface area (Å²) in [5.74, 6) is 0. The molecule has 2 aliphatic rings. The van der Waals surface area contributed by atoms with Crippen LogP contribution in [0.4, 0.5) is 0 Å². The van der Waals surface area contributed by atoms with Gasteiger partial charge in [0.15, 0.2) is 0 Å². The number of hydrogen-bond acceptors (Lipinski definition) is 2. The standard InChI is InChI=1S/C16H27N3/c1-16(10-5-6-11-16)17-13-14-9-12-19(18-14)15-7-3-2-4-8-15/h9,12,15,17H,2-8,10-11,13H2,1H3. The van der Waals surface area contributed by atoms with Crippen molar-refractivity contribution in [3.05, 3.63) is 18.0 Å². The van der Waals surface area contributed by atoms with Crippen LogP contribution in [0, 0.1) is 0 Å². The maximum atomic E-state index is 4.78. The fourth-order valence-electron chi connectivity index (χ4n) is 3.66. The van der Waals surface area contributed by atoms with Crippen molar-refractivity contribution < 1.29 is 0 Å². The van der Waals surface area contributed by atoms with Gasteiger partial charge >= 0.3 is 0 Å². The summed E-state index contributed by atoms with van der Waals surface area (Å²) < 4.78 is 2.22. The minimum absolute atomic E-state index is 0.356. The van der Waals surface area contributed by atoms with E-state index in [4.69, 9.17) is 5.10 Å². The van der Waals surface area contributed by atoms with E-state index in [0.29, 0.717) is 11.6 Å². The van der Waals surface area contributed by atoms with Gasteiger partial charge in [-0.05, 0) is 38.7 Å². The quantitative estimate of drug-likeness (QED) is 0.893. The van der Waals surface area contributed by atoms with Crippen LogP contribution in [0.1, 0.15) is 76.4 Å². The van der Waals surface area contributed by atoms with Crippen molar-refractivity contribution in [1.29, 1.82) is 0 Å². The molecule has 0 atom stereocenters. The number of nitrogens with one attached hydrogen (secondary N) is 1. The van der Waals surface area contributed by atoms with Crippen molar-refractivity contribution in [3.63, 3.8) is 0 Å². The van der Waals surface area contributed by atoms with E-state index >= 15 is 0 Å². The molecule has 2 aliphatic carbocycles. The molecule has 1 N–H and O–H groups in total. The minimum Gasteiger partial charge on any atom is -0.306 e. The number of aromatic nitrogens is 2. The number of hydrogen-bond donors (Lipinski definition) is 1. The first-order chi connectivity index (χ1) is 9.25. The summed E-state index contributed by atoms with van der Waals surface area (Å²) in [7, 11) is 0. The number of rotatable bonds is 4. The third-order valence-electron chi connectivity index (χ3n) is 5.02. The fourth-order valence-corrected chi connectivity index (χ4v) is 3.66. The zero-order valence-corrected chi connectivity index (χ0v) is 12.2. The van der Waals surface area contributed by atoms with Gasteiger partial charge in [0, 0.05) is 18.3 Å². The fraction of sp³-hybridized carbons (Fsp3) is 0.812. The summed E-state index contributed by atoms with van der Waals surface area (Å²) in [5, 5.41) is 8.49. The molecular formula is C16H27N3. The molecule has 106 valence electrons. The lowest BCUT2D eigenvalue weighted by atomic mass is 9.96. The second kappa shape index (κ2) is 5.66. The van der Waals surface area contributed by atoms with Crippen LogP contribution in [0.15, 0.2) is 12.3 Å². The Bertz CT molecular complexity index is 398. The van der Waals surface area contributed by atoms with E-state index < -0.39 is 0 Å². The van der Waals surface area contributed by atoms with E-state index in [1.807, 2.05) is 0 Å². The van der Waals surface area contributed by atoms with Crippen LogP contribution in [0.25, 0.3) is 0 Å². The van der Waals surface area contributed by atoms with Gasteiger partial charge in [-0.1, -0.05) is 32.1 Å². The maximum absolute atomic E-state index is 4.78. The molecule has 0 aromatic carbocycles. The summed E-state index contributed by atoms with van der Waals surface area (Å²) in [6.07, 6.45) is 14.3. The molecule has 0 radical (unpaired) electrons. The van der Waals surface area contributed by atoms with Gasteiger partial charge < -0.3 is 5.32 Å². The van der Waals surface area contributed by atoms with Crippen LogP contribution in [0.3, 0.4) is 0 Å². The van der Waals surface area contributed by atoms with E-state index in [2.05, 4.69) is 29.2 Å². The van der Waals surface area contributed by atoms with Crippen LogP contribution >= 0.6 is 0 Å². The largest absolute Gasteiger partial charge is 0.306 e. The topological polar surface area (TPSA) is 29.9 Å². The molecule has 0 bridgehead atoms. The highest BCUT2D eigenvalue weighted by Crippen LogP contribution is 2.29. The molecule has 0 amide bonds. The van der Waals surface area contributed by atoms with Crippen LogP contribution in [0.2, 0.25) is 0 Å². The Morgan fingerprint density at radius 1 is 1.21 bits per heavy atom. The van der Waals surface area contributed by atoms with Gasteiger partial charge in [0.2, 0.25) is 0 Å². The van der Waals surface area contributed by atoms with Gasteiger partial charge in [0.25, 0.3) is 0 Å². The van der Waals surface area contributed by atoms with Crippen LogP contribution in [-0.4, -0.2) is 15.3 Å². The van der Waals surface area contributed by atoms with Gasteiger partial charge in [-0.2, -0.15) is 5.10 Å². The molecule has 0 spiro atoms. The van der Waals surface area contributed by atoms with Crippen molar-refractivity contribution in [2.24, 2.45) is 0 Å². The van der Waals surface area contributed by atoms with Gasteiger partial charge in [-0.25, -0.2) is 0 Å². The van der Waals surface area contributed by atoms with Gasteiger partial charge in [0.05, 0.1) is 11.7 Å². The first-order valence-electron chi connectivity index (χ1n) is 8.04. The molecular weight excluding hydrogens is 234 g/mol. The highest BCUT2D eigenvalue weighted by Gasteiger charge is 2.27. The summed E-state index contributed by atoms with van der Waals surface area (Å²) >= 11 is 0. The first kappa shape index (κ1) is 13.2. The summed E-state index contributed by atoms with van der Waals surface area (Å²) in [6.45, 7) is 3.29. The molecule has 1 heterocycles. The van der Waals surface area contributed by atoms with E-state index in [1.165, 1.54) is 63.5 Å². The minimum atomic E-state index is 0.356. The highest BCUT2D eigenvalue weighted by molar-refractivity contribution is 5.01. The van der Waals surface area contributed by atoms with Crippen LogP contribution in [-0.2, 0) is 6.54 Å². The van der Waals surface area contributed by atoms with Gasteiger partial charge in [0.1, 0.15) is 0 Å². The Kier molecular flexibility index (Phi) is 3.92. The Morgan fingerprint density at radius 3 is 2.68 bits per heavy atom. The lowest BCUT2D eigenvalue weighted by Crippen LogP contribution is -2.38. The Hall–Kier alpha value is -0.830. The lowest BCUT2D eigenvalue weighted by Gasteiger charge is -2.25. The van der Waals surface area contributed by atoms with Crippen molar-refractivity contribution >= 4 is 0 Å². The summed E-state index contributed by atoms with van der Waals surface area (Å²) in [6, 6.07) is 2.85. The van der Waals surface area contributed by atoms with Crippen LogP contribution < -0.4 is 5.32 Å². The summed E-state index contributed by atoms with van der Waals surface area (Å²) in [5.41, 5.74) is 1.56. The average molecular weight is 261 g/mol. The predicted octanol–water partition coefficient (Wildman–Crippen LogP) is 3.81. The molecule has 1 aromatic rings. The Labute approximate surface area is 116 Å². The van der Waals surface area contributed by atoms with Crippen LogP contribution in [0.5, 0.6) is 0 Å². The number of nitrogens with zero attached hydrogens (tertiary/aromatic N) is 2. The van der Waals surface area contributed by atoms with Gasteiger partial charge in [-0.3, -0.25) is 4.68 Å². The van der Waals surface area contributed by atoms with Crippen molar-refractivity contribution in [2.45, 2.75) is 82.8 Å². The molecule has 1 aromatic heterocycles. The third-order valence-corrected chi connectivity index (χ3v) is 5.02. The van der Waals surface area contributed by atoms with Crippen molar-refractivity contribution in [2.75, 3.05) is 0 Å². The SMILES string of the molecule is CC1(NCc2ccn(C3CCCCC3)n2)CCCC1. The average Bonchev–Trinajstić information content (AvgIpc) is 3.07. The zero-order chi connectivity index (χ0) is 13.1. The van der Waals surface area contributed by atoms with E-state index in [1.54, 1.807) is 0 Å². The second-order valence-corrected chi connectivity index (χ2v) is 6.70. The molecule has 2 saturated carbocycles. The first-order valence-corrected chi connectivity index (χ1v) is 8.04. The van der Waals surface area contributed by atoms with E-state index in [-0.39, 0.29) is 0 Å². The van der Waals surface area contributed by atoms with Crippen molar-refractivity contribution in [1.82, 2.24) is 15.1 Å². The molecule has 0 unspecified atom stereocenters. The normalized spacial score (nSPS) is 23.8. The lowest BCUT2D eigenvalue weighted by molar-refractivity contribution is 0.324. The molecule has 3 heteroatoms. The second-order valence-electron chi connectivity index (χ2n) is 6.70. The molecule has 2 fully saturated rings. The van der Waals surface area contributed by atoms with Gasteiger partial charge in [-0.15, -0.1) is 0 Å². The Morgan fingerprint density at radius 2 is 1.95 bits per heavy atom. The third kappa shape index (κ3) is 3.19. The molecule has 3 rings (SSSR count). The monoisotopic (exact) mass is 261 g/mol. The Balaban J connectivity index is 1.55. The molecule has 19 heavy (non-hydrogen) atoms. The van der Waals surface area contributed by atoms with Crippen molar-refractivity contribution in [3.8, 4) is 0 Å². The smallest absolute Gasteiger partial charge is 0.0762 e. The maximum Gasteiger partial charge on any atom is 0.0762 e. The van der Waals surface area contributed by atoms with E-state index in [0.717, 1.165) is 6.54 Å². The van der Waals surface area contributed by atoms with E-state index in [9.17, 15) is 0 Å². The molecule has 3 nitrogen and oxygen atoms in total. The molecule has 0 saturated heterocycles. The molecule has 0 aliphatic heterocycles. The summed E-state index contributed by atoms with van der Waals surface area (Å²) in [4.78, 5) is 0. The zero-order valence-electron chi connectivity index (χ0n) is 12.2. The highest BCUT2D eigenvalue weighted by atomic mass is 15.3. The predicted molar refractivity (Wildman–Crippen MR) is 78.1 cm³/mol.